The fraction of sp³-hybridized carbons (Fsp3) is 0.321. The molecule has 37 heavy (non-hydrogen) atoms. The van der Waals surface area contributed by atoms with Crippen LogP contribution in [0.25, 0.3) is 0 Å². The summed E-state index contributed by atoms with van der Waals surface area (Å²) in [5.41, 5.74) is 1.71. The van der Waals surface area contributed by atoms with Gasteiger partial charge in [0.15, 0.2) is 17.0 Å². The van der Waals surface area contributed by atoms with E-state index in [1.54, 1.807) is 25.3 Å². The molecule has 0 unspecified atom stereocenters. The Morgan fingerprint density at radius 2 is 1.92 bits per heavy atom. The molecule has 6 rings (SSSR count). The monoisotopic (exact) mass is 519 g/mol. The summed E-state index contributed by atoms with van der Waals surface area (Å²) in [6.45, 7) is 0.955. The molecule has 3 aromatic carbocycles. The summed E-state index contributed by atoms with van der Waals surface area (Å²) in [6.07, 6.45) is 1.66. The molecular formula is C28H26ClN3O5. The van der Waals surface area contributed by atoms with Crippen LogP contribution in [0.5, 0.6) is 11.5 Å². The highest BCUT2D eigenvalue weighted by Crippen LogP contribution is 2.58. The lowest BCUT2D eigenvalue weighted by molar-refractivity contribution is -0.534. The first-order valence-corrected chi connectivity index (χ1v) is 12.7. The van der Waals surface area contributed by atoms with E-state index in [9.17, 15) is 14.9 Å². The first-order chi connectivity index (χ1) is 17.9. The molecule has 9 heteroatoms. The number of para-hydroxylation sites is 1. The fourth-order valence-corrected chi connectivity index (χ4v) is 6.65. The van der Waals surface area contributed by atoms with Crippen LogP contribution in [-0.2, 0) is 16.9 Å². The Labute approximate surface area is 219 Å². The lowest BCUT2D eigenvalue weighted by atomic mass is 9.77. The van der Waals surface area contributed by atoms with E-state index in [1.165, 1.54) is 0 Å². The van der Waals surface area contributed by atoms with Crippen molar-refractivity contribution in [3.8, 4) is 11.5 Å². The number of rotatable bonds is 6. The molecule has 0 aromatic heterocycles. The van der Waals surface area contributed by atoms with E-state index in [1.807, 2.05) is 48.5 Å². The second-order valence-corrected chi connectivity index (χ2v) is 10.2. The lowest BCUT2D eigenvalue weighted by Gasteiger charge is -2.32. The average molecular weight is 520 g/mol. The van der Waals surface area contributed by atoms with E-state index in [0.717, 1.165) is 24.0 Å². The second kappa shape index (κ2) is 9.04. The minimum atomic E-state index is -1.34. The fourth-order valence-electron chi connectivity index (χ4n) is 6.53. The van der Waals surface area contributed by atoms with Crippen molar-refractivity contribution >= 4 is 23.2 Å². The third-order valence-electron chi connectivity index (χ3n) is 7.97. The minimum absolute atomic E-state index is 0.141. The Balaban J connectivity index is 1.39. The molecule has 2 saturated heterocycles. The molecule has 0 aliphatic carbocycles. The standard InChI is InChI=1S/C28H26ClN3O5/c1-36-24-15-18(10-13-23(24)37-16-17-8-11-19(29)12-9-17)25-22-7-4-14-31(22)28(26(25)32(34)35)20-5-2-3-6-21(20)30-27(28)33/h2-3,5-6,8-13,15,22,25-26H,4,7,14,16H2,1H3,(H,30,33)/t22-,25+,26-,28+/m0/s1. The third kappa shape index (κ3) is 3.58. The van der Waals surface area contributed by atoms with Crippen molar-refractivity contribution in [1.29, 1.82) is 0 Å². The van der Waals surface area contributed by atoms with E-state index < -0.39 is 17.5 Å². The zero-order valence-corrected chi connectivity index (χ0v) is 21.0. The zero-order chi connectivity index (χ0) is 25.7. The van der Waals surface area contributed by atoms with E-state index in [0.29, 0.717) is 40.9 Å². The SMILES string of the molecule is COc1cc([C@H]2[C@H]([N+](=O)[O-])[C@]3(C(=O)Nc4ccccc43)N3CCC[C@@H]23)ccc1OCc1ccc(Cl)cc1. The molecule has 190 valence electrons. The lowest BCUT2D eigenvalue weighted by Crippen LogP contribution is -2.55. The summed E-state index contributed by atoms with van der Waals surface area (Å²) in [7, 11) is 1.55. The van der Waals surface area contributed by atoms with Crippen LogP contribution < -0.4 is 14.8 Å². The van der Waals surface area contributed by atoms with Gasteiger partial charge in [-0.1, -0.05) is 48.0 Å². The number of hydrogen-bond acceptors (Lipinski definition) is 6. The summed E-state index contributed by atoms with van der Waals surface area (Å²) >= 11 is 5.97. The van der Waals surface area contributed by atoms with E-state index in [4.69, 9.17) is 21.1 Å². The van der Waals surface area contributed by atoms with E-state index >= 15 is 0 Å². The zero-order valence-electron chi connectivity index (χ0n) is 20.2. The number of nitrogens with zero attached hydrogens (tertiary/aromatic N) is 2. The maximum absolute atomic E-state index is 13.6. The molecule has 0 bridgehead atoms. The van der Waals surface area contributed by atoms with Gasteiger partial charge in [-0.15, -0.1) is 0 Å². The number of ether oxygens (including phenoxy) is 2. The molecule has 0 saturated carbocycles. The molecule has 8 nitrogen and oxygen atoms in total. The molecule has 3 aliphatic heterocycles. The summed E-state index contributed by atoms with van der Waals surface area (Å²) in [5.74, 6) is 0.224. The van der Waals surface area contributed by atoms with Gasteiger partial charge in [-0.25, -0.2) is 0 Å². The Morgan fingerprint density at radius 3 is 2.68 bits per heavy atom. The second-order valence-electron chi connectivity index (χ2n) is 9.75. The first-order valence-electron chi connectivity index (χ1n) is 12.3. The van der Waals surface area contributed by atoms with Crippen LogP contribution in [0, 0.1) is 10.1 Å². The molecule has 1 spiro atoms. The van der Waals surface area contributed by atoms with Crippen LogP contribution in [0.2, 0.25) is 5.02 Å². The molecule has 3 aliphatic rings. The van der Waals surface area contributed by atoms with Crippen molar-refractivity contribution in [2.45, 2.75) is 43.0 Å². The molecule has 4 atom stereocenters. The van der Waals surface area contributed by atoms with Gasteiger partial charge in [0.1, 0.15) is 6.61 Å². The summed E-state index contributed by atoms with van der Waals surface area (Å²) in [4.78, 5) is 28.2. The summed E-state index contributed by atoms with van der Waals surface area (Å²) < 4.78 is 11.7. The summed E-state index contributed by atoms with van der Waals surface area (Å²) in [5, 5.41) is 16.4. The summed E-state index contributed by atoms with van der Waals surface area (Å²) in [6, 6.07) is 18.9. The van der Waals surface area contributed by atoms with Crippen LogP contribution >= 0.6 is 11.6 Å². The van der Waals surface area contributed by atoms with Gasteiger partial charge in [0, 0.05) is 33.8 Å². The average Bonchev–Trinajstić information content (AvgIpc) is 3.56. The number of halogens is 1. The Hall–Kier alpha value is -3.62. The number of carbonyl (C=O) groups excluding carboxylic acids is 1. The van der Waals surface area contributed by atoms with Gasteiger partial charge in [0.2, 0.25) is 0 Å². The van der Waals surface area contributed by atoms with Gasteiger partial charge < -0.3 is 14.8 Å². The smallest absolute Gasteiger partial charge is 0.256 e. The number of anilines is 1. The predicted molar refractivity (Wildman–Crippen MR) is 139 cm³/mol. The number of fused-ring (bicyclic) bond motifs is 4. The maximum Gasteiger partial charge on any atom is 0.256 e. The number of amides is 1. The van der Waals surface area contributed by atoms with Crippen molar-refractivity contribution in [3.05, 3.63) is 98.6 Å². The normalized spacial score (nSPS) is 26.1. The molecule has 3 heterocycles. The molecule has 2 fully saturated rings. The highest BCUT2D eigenvalue weighted by atomic mass is 35.5. The minimum Gasteiger partial charge on any atom is -0.493 e. The highest BCUT2D eigenvalue weighted by Gasteiger charge is 2.73. The van der Waals surface area contributed by atoms with Crippen molar-refractivity contribution < 1.29 is 19.2 Å². The number of nitro groups is 1. The Bertz CT molecular complexity index is 1380. The number of hydrogen-bond donors (Lipinski definition) is 1. The number of methoxy groups -OCH3 is 1. The van der Waals surface area contributed by atoms with Crippen molar-refractivity contribution in [3.63, 3.8) is 0 Å². The molecular weight excluding hydrogens is 494 g/mol. The van der Waals surface area contributed by atoms with Gasteiger partial charge >= 0.3 is 0 Å². The number of nitrogens with one attached hydrogen (secondary N) is 1. The molecule has 3 aromatic rings. The third-order valence-corrected chi connectivity index (χ3v) is 8.23. The van der Waals surface area contributed by atoms with Crippen LogP contribution in [0.1, 0.15) is 35.4 Å². The number of benzene rings is 3. The Kier molecular flexibility index (Phi) is 5.81. The van der Waals surface area contributed by atoms with Gasteiger partial charge in [-0.3, -0.25) is 19.8 Å². The van der Waals surface area contributed by atoms with E-state index in [-0.39, 0.29) is 16.9 Å². The van der Waals surface area contributed by atoms with Crippen molar-refractivity contribution in [2.75, 3.05) is 19.0 Å². The van der Waals surface area contributed by atoms with Gasteiger partial charge in [-0.2, -0.15) is 0 Å². The van der Waals surface area contributed by atoms with Gasteiger partial charge in [0.25, 0.3) is 11.9 Å². The topological polar surface area (TPSA) is 93.9 Å². The van der Waals surface area contributed by atoms with Gasteiger partial charge in [0.05, 0.1) is 13.0 Å². The maximum atomic E-state index is 13.6. The van der Waals surface area contributed by atoms with Crippen LogP contribution in [0.15, 0.2) is 66.7 Å². The van der Waals surface area contributed by atoms with Crippen molar-refractivity contribution in [1.82, 2.24) is 4.90 Å². The molecule has 1 N–H and O–H groups in total. The van der Waals surface area contributed by atoms with Crippen molar-refractivity contribution in [2.24, 2.45) is 0 Å². The largest absolute Gasteiger partial charge is 0.493 e. The predicted octanol–water partition coefficient (Wildman–Crippen LogP) is 4.98. The Morgan fingerprint density at radius 1 is 1.14 bits per heavy atom. The van der Waals surface area contributed by atoms with Gasteiger partial charge in [-0.05, 0) is 54.3 Å². The van der Waals surface area contributed by atoms with Crippen LogP contribution in [0.4, 0.5) is 5.69 Å². The van der Waals surface area contributed by atoms with Crippen LogP contribution in [0.3, 0.4) is 0 Å². The molecule has 1 amide bonds. The van der Waals surface area contributed by atoms with Crippen LogP contribution in [-0.4, -0.2) is 41.5 Å². The highest BCUT2D eigenvalue weighted by molar-refractivity contribution is 6.30. The molecule has 0 radical (unpaired) electrons. The first kappa shape index (κ1) is 23.8. The number of carbonyl (C=O) groups is 1. The quantitative estimate of drug-likeness (QED) is 0.364. The van der Waals surface area contributed by atoms with E-state index in [2.05, 4.69) is 10.2 Å².